The predicted molar refractivity (Wildman–Crippen MR) is 86.5 cm³/mol. The van der Waals surface area contributed by atoms with Gasteiger partial charge in [0.15, 0.2) is 0 Å². The quantitative estimate of drug-likeness (QED) is 0.730. The van der Waals surface area contributed by atoms with E-state index in [9.17, 15) is 0 Å². The number of halogens is 2. The smallest absolute Gasteiger partial charge is 0.100 e. The first-order valence-electron chi connectivity index (χ1n) is 5.56. The van der Waals surface area contributed by atoms with Crippen LogP contribution in [0.3, 0.4) is 0 Å². The zero-order valence-electron chi connectivity index (χ0n) is 9.93. The van der Waals surface area contributed by atoms with E-state index in [4.69, 9.17) is 0 Å². The van der Waals surface area contributed by atoms with E-state index in [1.165, 1.54) is 28.5 Å². The monoisotopic (exact) mass is 406 g/mol. The van der Waals surface area contributed by atoms with Crippen LogP contribution < -0.4 is 10.6 Å². The fourth-order valence-electron chi connectivity index (χ4n) is 2.52. The van der Waals surface area contributed by atoms with Gasteiger partial charge in [0, 0.05) is 16.9 Å². The standard InChI is InChI=1S/C12H12Br2N2S2/c1-15-12(16-2)5-6-3-8(13)17-10(6)11-7(12)4-9(14)18-11/h3-4,15-16H,5H2,1-2H3. The van der Waals surface area contributed by atoms with Gasteiger partial charge in [0.1, 0.15) is 5.66 Å². The lowest BCUT2D eigenvalue weighted by Gasteiger charge is -2.37. The first kappa shape index (κ1) is 13.3. The van der Waals surface area contributed by atoms with E-state index in [0.29, 0.717) is 0 Å². The number of rotatable bonds is 2. The van der Waals surface area contributed by atoms with E-state index in [2.05, 4.69) is 54.6 Å². The lowest BCUT2D eigenvalue weighted by atomic mass is 9.87. The summed E-state index contributed by atoms with van der Waals surface area (Å²) in [5, 5.41) is 6.90. The topological polar surface area (TPSA) is 24.1 Å². The Kier molecular flexibility index (Phi) is 3.45. The molecule has 3 rings (SSSR count). The molecule has 0 bridgehead atoms. The van der Waals surface area contributed by atoms with Gasteiger partial charge in [0.05, 0.1) is 12.4 Å². The minimum Gasteiger partial charge on any atom is -0.298 e. The SMILES string of the molecule is CNC1(NC)Cc2cc(Br)sc2-c2sc(Br)cc21. The van der Waals surface area contributed by atoms with E-state index >= 15 is 0 Å². The Balaban J connectivity index is 2.28. The summed E-state index contributed by atoms with van der Waals surface area (Å²) in [6.07, 6.45) is 0.966. The van der Waals surface area contributed by atoms with Gasteiger partial charge in [-0.3, -0.25) is 10.6 Å². The maximum Gasteiger partial charge on any atom is 0.100 e. The third-order valence-electron chi connectivity index (χ3n) is 3.46. The van der Waals surface area contributed by atoms with Crippen LogP contribution in [0.15, 0.2) is 19.7 Å². The number of fused-ring (bicyclic) bond motifs is 3. The number of nitrogens with one attached hydrogen (secondary N) is 2. The predicted octanol–water partition coefficient (Wildman–Crippen LogP) is 4.15. The van der Waals surface area contributed by atoms with E-state index in [1.54, 1.807) is 11.3 Å². The number of hydrogen-bond acceptors (Lipinski definition) is 4. The summed E-state index contributed by atoms with van der Waals surface area (Å²) in [5.74, 6) is 0. The zero-order valence-corrected chi connectivity index (χ0v) is 14.7. The lowest BCUT2D eigenvalue weighted by molar-refractivity contribution is 0.299. The van der Waals surface area contributed by atoms with Gasteiger partial charge in [0.2, 0.25) is 0 Å². The van der Waals surface area contributed by atoms with Crippen LogP contribution in [-0.4, -0.2) is 14.1 Å². The van der Waals surface area contributed by atoms with Crippen LogP contribution in [0.25, 0.3) is 9.75 Å². The second-order valence-corrected chi connectivity index (χ2v) is 9.14. The van der Waals surface area contributed by atoms with Crippen molar-refractivity contribution < 1.29 is 0 Å². The number of hydrogen-bond donors (Lipinski definition) is 2. The summed E-state index contributed by atoms with van der Waals surface area (Å²) < 4.78 is 2.38. The highest BCUT2D eigenvalue weighted by Gasteiger charge is 2.39. The van der Waals surface area contributed by atoms with Gasteiger partial charge in [-0.25, -0.2) is 0 Å². The molecule has 0 aromatic carbocycles. The molecule has 0 atom stereocenters. The summed E-state index contributed by atoms with van der Waals surface area (Å²) >= 11 is 10.8. The van der Waals surface area contributed by atoms with Gasteiger partial charge in [-0.1, -0.05) is 0 Å². The van der Waals surface area contributed by atoms with Crippen molar-refractivity contribution in [1.29, 1.82) is 0 Å². The number of likely N-dealkylation sites (N-methyl/N-ethyl adjacent to an activating group) is 2. The van der Waals surface area contributed by atoms with Crippen LogP contribution in [0.1, 0.15) is 11.1 Å². The molecule has 0 radical (unpaired) electrons. The summed E-state index contributed by atoms with van der Waals surface area (Å²) in [4.78, 5) is 2.76. The normalized spacial score (nSPS) is 16.4. The van der Waals surface area contributed by atoms with E-state index in [1.807, 2.05) is 25.4 Å². The lowest BCUT2D eigenvalue weighted by Crippen LogP contribution is -2.53. The van der Waals surface area contributed by atoms with Crippen molar-refractivity contribution in [2.75, 3.05) is 14.1 Å². The van der Waals surface area contributed by atoms with Crippen LogP contribution in [0.4, 0.5) is 0 Å². The highest BCUT2D eigenvalue weighted by Crippen LogP contribution is 2.50. The minimum atomic E-state index is -0.161. The largest absolute Gasteiger partial charge is 0.298 e. The van der Waals surface area contributed by atoms with Gasteiger partial charge in [-0.05, 0) is 63.7 Å². The Labute approximate surface area is 131 Å². The molecular weight excluding hydrogens is 396 g/mol. The molecular formula is C12H12Br2N2S2. The van der Waals surface area contributed by atoms with Crippen LogP contribution in [0.5, 0.6) is 0 Å². The van der Waals surface area contributed by atoms with Crippen molar-refractivity contribution in [3.8, 4) is 9.75 Å². The molecule has 1 aliphatic carbocycles. The zero-order chi connectivity index (χ0) is 12.9. The molecule has 2 aromatic heterocycles. The van der Waals surface area contributed by atoms with Gasteiger partial charge in [-0.15, -0.1) is 22.7 Å². The Morgan fingerprint density at radius 3 is 2.33 bits per heavy atom. The minimum absolute atomic E-state index is 0.161. The fraction of sp³-hybridized carbons (Fsp3) is 0.333. The Morgan fingerprint density at radius 1 is 1.06 bits per heavy atom. The molecule has 2 aromatic rings. The Bertz CT molecular complexity index is 599. The van der Waals surface area contributed by atoms with Gasteiger partial charge in [-0.2, -0.15) is 0 Å². The highest BCUT2D eigenvalue weighted by atomic mass is 79.9. The summed E-state index contributed by atoms with van der Waals surface area (Å²) in [7, 11) is 4.02. The summed E-state index contributed by atoms with van der Waals surface area (Å²) in [6.45, 7) is 0. The summed E-state index contributed by atoms with van der Waals surface area (Å²) in [6, 6.07) is 4.46. The first-order valence-corrected chi connectivity index (χ1v) is 8.78. The van der Waals surface area contributed by atoms with Gasteiger partial charge < -0.3 is 0 Å². The molecule has 2 heterocycles. The molecule has 96 valence electrons. The first-order chi connectivity index (χ1) is 8.59. The molecule has 1 aliphatic rings. The molecule has 0 fully saturated rings. The van der Waals surface area contributed by atoms with Crippen LogP contribution in [-0.2, 0) is 12.1 Å². The van der Waals surface area contributed by atoms with Crippen molar-refractivity contribution >= 4 is 54.5 Å². The fourth-order valence-corrected chi connectivity index (χ4v) is 6.04. The average Bonchev–Trinajstić information content (AvgIpc) is 2.90. The molecule has 0 spiro atoms. The van der Waals surface area contributed by atoms with Crippen LogP contribution in [0.2, 0.25) is 0 Å². The summed E-state index contributed by atoms with van der Waals surface area (Å²) in [5.41, 5.74) is 2.58. The maximum absolute atomic E-state index is 3.62. The Morgan fingerprint density at radius 2 is 1.67 bits per heavy atom. The van der Waals surface area contributed by atoms with Gasteiger partial charge >= 0.3 is 0 Å². The molecule has 0 amide bonds. The molecule has 0 saturated carbocycles. The van der Waals surface area contributed by atoms with Crippen molar-refractivity contribution in [2.45, 2.75) is 12.1 Å². The Hall–Kier alpha value is 0.280. The third-order valence-corrected chi connectivity index (χ3v) is 6.94. The highest BCUT2D eigenvalue weighted by molar-refractivity contribution is 9.11. The molecule has 0 unspecified atom stereocenters. The van der Waals surface area contributed by atoms with Gasteiger partial charge in [0.25, 0.3) is 0 Å². The molecule has 0 saturated heterocycles. The molecule has 2 N–H and O–H groups in total. The molecule has 18 heavy (non-hydrogen) atoms. The average molecular weight is 408 g/mol. The van der Waals surface area contributed by atoms with Crippen molar-refractivity contribution in [2.24, 2.45) is 0 Å². The second-order valence-electron chi connectivity index (χ2n) is 4.28. The van der Waals surface area contributed by atoms with Crippen LogP contribution >= 0.6 is 54.5 Å². The van der Waals surface area contributed by atoms with Crippen molar-refractivity contribution in [3.63, 3.8) is 0 Å². The number of thiophene rings is 2. The third kappa shape index (κ3) is 1.85. The molecule has 0 aliphatic heterocycles. The van der Waals surface area contributed by atoms with Crippen LogP contribution in [0, 0.1) is 0 Å². The molecule has 2 nitrogen and oxygen atoms in total. The van der Waals surface area contributed by atoms with E-state index < -0.39 is 0 Å². The van der Waals surface area contributed by atoms with Crippen molar-refractivity contribution in [1.82, 2.24) is 10.6 Å². The molecule has 6 heteroatoms. The second kappa shape index (κ2) is 4.68. The van der Waals surface area contributed by atoms with E-state index in [-0.39, 0.29) is 5.66 Å². The maximum atomic E-state index is 3.62. The van der Waals surface area contributed by atoms with Crippen molar-refractivity contribution in [3.05, 3.63) is 30.8 Å². The van der Waals surface area contributed by atoms with E-state index in [0.717, 1.165) is 6.42 Å².